The van der Waals surface area contributed by atoms with E-state index in [9.17, 15) is 13.2 Å². The minimum atomic E-state index is -4.66. The lowest BCUT2D eigenvalue weighted by molar-refractivity contribution is -0.294. The third-order valence-corrected chi connectivity index (χ3v) is 3.58. The van der Waals surface area contributed by atoms with Crippen LogP contribution in [0.25, 0.3) is 0 Å². The lowest BCUT2D eigenvalue weighted by Gasteiger charge is -2.31. The highest BCUT2D eigenvalue weighted by Gasteiger charge is 2.54. The van der Waals surface area contributed by atoms with E-state index in [1.807, 2.05) is 5.48 Å². The second-order valence-electron chi connectivity index (χ2n) is 3.59. The van der Waals surface area contributed by atoms with Crippen LogP contribution >= 0.6 is 34.8 Å². The Kier molecular flexibility index (Phi) is 4.78. The quantitative estimate of drug-likeness (QED) is 0.650. The maximum absolute atomic E-state index is 13.1. The number of halogens is 6. The first-order chi connectivity index (χ1) is 8.13. The molecule has 1 N–H and O–H groups in total. The van der Waals surface area contributed by atoms with E-state index >= 15 is 0 Å². The highest BCUT2D eigenvalue weighted by atomic mass is 35.5. The van der Waals surface area contributed by atoms with Gasteiger partial charge in [0.1, 0.15) is 0 Å². The molecule has 0 radical (unpaired) electrons. The van der Waals surface area contributed by atoms with Crippen LogP contribution in [0.4, 0.5) is 13.2 Å². The lowest BCUT2D eigenvalue weighted by Crippen LogP contribution is -2.45. The monoisotopic (exact) mass is 321 g/mol. The van der Waals surface area contributed by atoms with Gasteiger partial charge in [0.2, 0.25) is 5.60 Å². The minimum Gasteiger partial charge on any atom is -0.281 e. The molecular formula is C10H9Cl3F3NO. The van der Waals surface area contributed by atoms with Crippen molar-refractivity contribution in [1.29, 1.82) is 0 Å². The van der Waals surface area contributed by atoms with Gasteiger partial charge in [0.15, 0.2) is 0 Å². The molecule has 0 spiro atoms. The van der Waals surface area contributed by atoms with Crippen LogP contribution in [0, 0.1) is 0 Å². The molecular weight excluding hydrogens is 313 g/mol. The summed E-state index contributed by atoms with van der Waals surface area (Å²) in [6, 6.07) is 2.14. The fraction of sp³-hybridized carbons (Fsp3) is 0.400. The van der Waals surface area contributed by atoms with E-state index in [0.29, 0.717) is 0 Å². The van der Waals surface area contributed by atoms with Gasteiger partial charge in [-0.25, -0.2) is 5.48 Å². The highest BCUT2D eigenvalue weighted by molar-refractivity contribution is 6.48. The molecule has 0 aliphatic carbocycles. The second-order valence-corrected chi connectivity index (χ2v) is 4.78. The second kappa shape index (κ2) is 5.43. The molecule has 1 rings (SSSR count). The maximum atomic E-state index is 13.1. The number of hydroxylamine groups is 1. The van der Waals surface area contributed by atoms with Crippen LogP contribution < -0.4 is 5.48 Å². The first-order valence-electron chi connectivity index (χ1n) is 4.70. The SMILES string of the molecule is CNOC(C)(c1cc(Cl)c(Cl)c(Cl)c1)C(F)(F)F. The summed E-state index contributed by atoms with van der Waals surface area (Å²) in [5.41, 5.74) is -0.803. The van der Waals surface area contributed by atoms with Crippen LogP contribution in [-0.2, 0) is 10.4 Å². The molecule has 1 aromatic carbocycles. The van der Waals surface area contributed by atoms with Gasteiger partial charge in [-0.1, -0.05) is 34.8 Å². The molecule has 0 aliphatic heterocycles. The summed E-state index contributed by atoms with van der Waals surface area (Å²) in [5.74, 6) is 0. The molecule has 1 atom stereocenters. The molecule has 0 fully saturated rings. The van der Waals surface area contributed by atoms with Crippen molar-refractivity contribution in [3.8, 4) is 0 Å². The smallest absolute Gasteiger partial charge is 0.281 e. The van der Waals surface area contributed by atoms with E-state index in [1.54, 1.807) is 0 Å². The molecule has 2 nitrogen and oxygen atoms in total. The molecule has 0 heterocycles. The van der Waals surface area contributed by atoms with E-state index < -0.39 is 11.8 Å². The van der Waals surface area contributed by atoms with Gasteiger partial charge in [-0.2, -0.15) is 13.2 Å². The molecule has 0 amide bonds. The Morgan fingerprint density at radius 2 is 1.56 bits per heavy atom. The Balaban J connectivity index is 3.40. The predicted octanol–water partition coefficient (Wildman–Crippen LogP) is 4.58. The summed E-state index contributed by atoms with van der Waals surface area (Å²) in [6.45, 7) is 0.861. The molecule has 0 aromatic heterocycles. The minimum absolute atomic E-state index is 0.00364. The Morgan fingerprint density at radius 3 is 1.89 bits per heavy atom. The molecule has 0 saturated carbocycles. The average Bonchev–Trinajstić information content (AvgIpc) is 2.23. The summed E-state index contributed by atoms with van der Waals surface area (Å²) < 4.78 is 39.2. The molecule has 0 aliphatic rings. The van der Waals surface area contributed by atoms with Crippen molar-refractivity contribution in [1.82, 2.24) is 5.48 Å². The normalized spacial score (nSPS) is 15.6. The van der Waals surface area contributed by atoms with Crippen LogP contribution in [0.1, 0.15) is 12.5 Å². The number of nitrogens with one attached hydrogen (secondary N) is 1. The summed E-state index contributed by atoms with van der Waals surface area (Å²) in [4.78, 5) is 4.59. The van der Waals surface area contributed by atoms with Crippen LogP contribution in [0.15, 0.2) is 12.1 Å². The summed E-state index contributed by atoms with van der Waals surface area (Å²) >= 11 is 17.1. The van der Waals surface area contributed by atoms with Gasteiger partial charge in [0.25, 0.3) is 0 Å². The van der Waals surface area contributed by atoms with Crippen LogP contribution in [0.2, 0.25) is 15.1 Å². The van der Waals surface area contributed by atoms with E-state index in [1.165, 1.54) is 7.05 Å². The van der Waals surface area contributed by atoms with E-state index in [2.05, 4.69) is 4.84 Å². The van der Waals surface area contributed by atoms with Crippen LogP contribution in [-0.4, -0.2) is 13.2 Å². The van der Waals surface area contributed by atoms with E-state index in [4.69, 9.17) is 34.8 Å². The van der Waals surface area contributed by atoms with Crippen molar-refractivity contribution >= 4 is 34.8 Å². The third-order valence-electron chi connectivity index (χ3n) is 2.38. The fourth-order valence-electron chi connectivity index (χ4n) is 1.32. The molecule has 0 bridgehead atoms. The zero-order chi connectivity index (χ0) is 14.1. The van der Waals surface area contributed by atoms with Gasteiger partial charge in [0.05, 0.1) is 15.1 Å². The molecule has 1 unspecified atom stereocenters. The van der Waals surface area contributed by atoms with Gasteiger partial charge in [-0.3, -0.25) is 4.84 Å². The molecule has 8 heteroatoms. The number of alkyl halides is 3. The van der Waals surface area contributed by atoms with Crippen molar-refractivity contribution in [2.45, 2.75) is 18.7 Å². The molecule has 1 aromatic rings. The van der Waals surface area contributed by atoms with E-state index in [-0.39, 0.29) is 20.6 Å². The number of rotatable bonds is 3. The van der Waals surface area contributed by atoms with Gasteiger partial charge < -0.3 is 0 Å². The Bertz CT molecular complexity index is 429. The summed E-state index contributed by atoms with van der Waals surface area (Å²) in [6.07, 6.45) is -4.66. The standard InChI is InChI=1S/C10H9Cl3F3NO/c1-9(18-17-2,10(14,15)16)5-3-6(11)8(13)7(12)4-5/h3-4,17H,1-2H3. The van der Waals surface area contributed by atoms with E-state index in [0.717, 1.165) is 19.1 Å². The van der Waals surface area contributed by atoms with Crippen molar-refractivity contribution in [3.05, 3.63) is 32.8 Å². The van der Waals surface area contributed by atoms with Crippen molar-refractivity contribution in [2.24, 2.45) is 0 Å². The first-order valence-corrected chi connectivity index (χ1v) is 5.83. The van der Waals surface area contributed by atoms with Crippen molar-refractivity contribution in [2.75, 3.05) is 7.05 Å². The predicted molar refractivity (Wildman–Crippen MR) is 65.0 cm³/mol. The summed E-state index contributed by atoms with van der Waals surface area (Å²) in [5, 5.41) is -0.153. The number of hydrogen-bond acceptors (Lipinski definition) is 2. The summed E-state index contributed by atoms with van der Waals surface area (Å²) in [7, 11) is 1.23. The molecule has 18 heavy (non-hydrogen) atoms. The van der Waals surface area contributed by atoms with Crippen LogP contribution in [0.5, 0.6) is 0 Å². The number of benzene rings is 1. The molecule has 0 saturated heterocycles. The fourth-order valence-corrected chi connectivity index (χ4v) is 1.91. The Morgan fingerprint density at radius 1 is 1.11 bits per heavy atom. The van der Waals surface area contributed by atoms with Crippen LogP contribution in [0.3, 0.4) is 0 Å². The maximum Gasteiger partial charge on any atom is 0.423 e. The molecule has 102 valence electrons. The van der Waals surface area contributed by atoms with Gasteiger partial charge in [0, 0.05) is 7.05 Å². The largest absolute Gasteiger partial charge is 0.423 e. The first kappa shape index (κ1) is 15.9. The third kappa shape index (κ3) is 2.86. The van der Waals surface area contributed by atoms with Gasteiger partial charge in [-0.05, 0) is 24.6 Å². The number of hydrogen-bond donors (Lipinski definition) is 1. The van der Waals surface area contributed by atoms with Crippen molar-refractivity contribution in [3.63, 3.8) is 0 Å². The Hall–Kier alpha value is -0.200. The van der Waals surface area contributed by atoms with Crippen molar-refractivity contribution < 1.29 is 18.0 Å². The lowest BCUT2D eigenvalue weighted by atomic mass is 9.95. The van der Waals surface area contributed by atoms with Gasteiger partial charge >= 0.3 is 6.18 Å². The zero-order valence-electron chi connectivity index (χ0n) is 9.33. The zero-order valence-corrected chi connectivity index (χ0v) is 11.6. The highest BCUT2D eigenvalue weighted by Crippen LogP contribution is 2.44. The Labute approximate surface area is 117 Å². The van der Waals surface area contributed by atoms with Gasteiger partial charge in [-0.15, -0.1) is 0 Å². The average molecular weight is 323 g/mol. The topological polar surface area (TPSA) is 21.3 Å².